The Kier molecular flexibility index (Phi) is 5.01. The predicted octanol–water partition coefficient (Wildman–Crippen LogP) is 6.06. The monoisotopic (exact) mass is 414 g/mol. The summed E-state index contributed by atoms with van der Waals surface area (Å²) in [5.74, 6) is 7.91. The number of hydrogen-bond donors (Lipinski definition) is 0. The van der Waals surface area contributed by atoms with Gasteiger partial charge in [0, 0.05) is 0 Å². The average molecular weight is 415 g/mol. The summed E-state index contributed by atoms with van der Waals surface area (Å²) in [5.41, 5.74) is 0.411. The topological polar surface area (TPSA) is 35.5 Å². The molecule has 7 saturated carbocycles. The van der Waals surface area contributed by atoms with E-state index in [0.717, 1.165) is 60.4 Å². The van der Waals surface area contributed by atoms with Crippen molar-refractivity contribution in [1.82, 2.24) is 0 Å². The van der Waals surface area contributed by atoms with Gasteiger partial charge in [-0.3, -0.25) is 4.79 Å². The van der Waals surface area contributed by atoms with Gasteiger partial charge in [0.05, 0.1) is 12.5 Å². The van der Waals surface area contributed by atoms with Crippen molar-refractivity contribution in [3.05, 3.63) is 0 Å². The van der Waals surface area contributed by atoms with E-state index in [1.54, 1.807) is 0 Å². The van der Waals surface area contributed by atoms with Crippen molar-refractivity contribution in [2.24, 2.45) is 64.6 Å². The first kappa shape index (κ1) is 20.1. The number of carbonyl (C=O) groups is 1. The Hall–Kier alpha value is -0.570. The van der Waals surface area contributed by atoms with Crippen LogP contribution < -0.4 is 0 Å². The standard InChI is InChI=1S/C27H42O3/c1-3-19-8-20(4-2)25-22-9-21(24(19)25)10-23(22)26(28)30-15-29-14-27-11-16-5-17(12-27)7-18(6-16)13-27/h16-25H,3-15H2,1-2H3. The molecule has 0 amide bonds. The van der Waals surface area contributed by atoms with Gasteiger partial charge in [-0.05, 0) is 116 Å². The second kappa shape index (κ2) is 7.49. The molecule has 30 heavy (non-hydrogen) atoms. The fourth-order valence-corrected chi connectivity index (χ4v) is 10.6. The Balaban J connectivity index is 1.02. The van der Waals surface area contributed by atoms with Gasteiger partial charge < -0.3 is 9.47 Å². The molecule has 0 heterocycles. The average Bonchev–Trinajstić information content (AvgIpc) is 3.40. The van der Waals surface area contributed by atoms with Crippen LogP contribution in [0.25, 0.3) is 0 Å². The largest absolute Gasteiger partial charge is 0.438 e. The lowest BCUT2D eigenvalue weighted by Crippen LogP contribution is -2.48. The van der Waals surface area contributed by atoms with Crippen molar-refractivity contribution < 1.29 is 14.3 Å². The minimum absolute atomic E-state index is 0.0567. The van der Waals surface area contributed by atoms with Crippen molar-refractivity contribution >= 4 is 5.97 Å². The first-order chi connectivity index (χ1) is 14.6. The van der Waals surface area contributed by atoms with Crippen LogP contribution in [-0.4, -0.2) is 19.4 Å². The van der Waals surface area contributed by atoms with E-state index in [1.165, 1.54) is 64.2 Å². The van der Waals surface area contributed by atoms with Gasteiger partial charge in [-0.2, -0.15) is 0 Å². The highest BCUT2D eigenvalue weighted by Gasteiger charge is 2.61. The lowest BCUT2D eigenvalue weighted by molar-refractivity contribution is -0.173. The van der Waals surface area contributed by atoms with Gasteiger partial charge in [-0.15, -0.1) is 0 Å². The van der Waals surface area contributed by atoms with E-state index >= 15 is 0 Å². The molecule has 3 heteroatoms. The molecule has 0 radical (unpaired) electrons. The van der Waals surface area contributed by atoms with E-state index in [2.05, 4.69) is 13.8 Å². The normalized spacial score (nSPS) is 52.7. The van der Waals surface area contributed by atoms with Crippen molar-refractivity contribution in [1.29, 1.82) is 0 Å². The molecule has 7 unspecified atom stereocenters. The van der Waals surface area contributed by atoms with E-state index < -0.39 is 0 Å². The van der Waals surface area contributed by atoms with Crippen LogP contribution >= 0.6 is 0 Å². The molecule has 0 saturated heterocycles. The lowest BCUT2D eigenvalue weighted by atomic mass is 9.50. The van der Waals surface area contributed by atoms with E-state index in [-0.39, 0.29) is 18.7 Å². The zero-order valence-corrected chi connectivity index (χ0v) is 19.2. The maximum Gasteiger partial charge on any atom is 0.311 e. The van der Waals surface area contributed by atoms with Crippen LogP contribution in [0.1, 0.15) is 84.5 Å². The van der Waals surface area contributed by atoms with Crippen LogP contribution in [0.15, 0.2) is 0 Å². The fraction of sp³-hybridized carbons (Fsp3) is 0.963. The molecule has 7 atom stereocenters. The predicted molar refractivity (Wildman–Crippen MR) is 116 cm³/mol. The zero-order chi connectivity index (χ0) is 20.5. The van der Waals surface area contributed by atoms with Gasteiger partial charge in [-0.1, -0.05) is 26.7 Å². The van der Waals surface area contributed by atoms with Crippen LogP contribution in [0.4, 0.5) is 0 Å². The molecule has 7 rings (SSSR count). The molecule has 7 fully saturated rings. The molecule has 0 aromatic carbocycles. The van der Waals surface area contributed by atoms with Gasteiger partial charge in [0.2, 0.25) is 0 Å². The third-order valence-electron chi connectivity index (χ3n) is 11.0. The quantitative estimate of drug-likeness (QED) is 0.288. The Bertz CT molecular complexity index is 636. The molecule has 0 aromatic rings. The van der Waals surface area contributed by atoms with E-state index in [1.807, 2.05) is 0 Å². The van der Waals surface area contributed by atoms with Crippen molar-refractivity contribution in [2.45, 2.75) is 84.5 Å². The highest BCUT2D eigenvalue weighted by molar-refractivity contribution is 5.73. The summed E-state index contributed by atoms with van der Waals surface area (Å²) in [7, 11) is 0. The Morgan fingerprint density at radius 2 is 1.47 bits per heavy atom. The number of hydrogen-bond acceptors (Lipinski definition) is 3. The van der Waals surface area contributed by atoms with Gasteiger partial charge in [-0.25, -0.2) is 0 Å². The second-order valence-corrected chi connectivity index (χ2v) is 12.6. The summed E-state index contributed by atoms with van der Waals surface area (Å²) in [6.07, 6.45) is 14.9. The Labute approximate surface area is 183 Å². The summed E-state index contributed by atoms with van der Waals surface area (Å²) in [4.78, 5) is 13.0. The fourth-order valence-electron chi connectivity index (χ4n) is 10.6. The van der Waals surface area contributed by atoms with Crippen LogP contribution in [0.5, 0.6) is 0 Å². The molecule has 0 N–H and O–H groups in total. The number of carbonyl (C=O) groups excluding carboxylic acids is 1. The molecule has 7 aliphatic carbocycles. The molecular weight excluding hydrogens is 372 g/mol. The summed E-state index contributed by atoms with van der Waals surface area (Å²) in [5, 5.41) is 0. The molecule has 7 aliphatic rings. The highest BCUT2D eigenvalue weighted by Crippen LogP contribution is 2.65. The summed E-state index contributed by atoms with van der Waals surface area (Å²) < 4.78 is 11.8. The molecule has 0 spiro atoms. The SMILES string of the molecule is CCC1CC(CC)C2C3CC(CC3C(=O)OCOCC34CC5CC(CC(C5)C3)C4)C12. The van der Waals surface area contributed by atoms with Crippen LogP contribution in [0, 0.1) is 64.6 Å². The van der Waals surface area contributed by atoms with Crippen LogP contribution in [0.3, 0.4) is 0 Å². The summed E-state index contributed by atoms with van der Waals surface area (Å²) in [6.45, 7) is 5.74. The van der Waals surface area contributed by atoms with E-state index in [0.29, 0.717) is 11.3 Å². The van der Waals surface area contributed by atoms with Crippen molar-refractivity contribution in [3.63, 3.8) is 0 Å². The number of rotatable bonds is 7. The maximum atomic E-state index is 13.0. The number of fused-ring (bicyclic) bond motifs is 5. The summed E-state index contributed by atoms with van der Waals surface area (Å²) in [6, 6.07) is 0. The van der Waals surface area contributed by atoms with Crippen molar-refractivity contribution in [3.8, 4) is 0 Å². The molecule has 168 valence electrons. The Morgan fingerprint density at radius 3 is 2.10 bits per heavy atom. The molecule has 0 aliphatic heterocycles. The van der Waals surface area contributed by atoms with E-state index in [9.17, 15) is 4.79 Å². The second-order valence-electron chi connectivity index (χ2n) is 12.6. The van der Waals surface area contributed by atoms with Gasteiger partial charge >= 0.3 is 5.97 Å². The number of esters is 1. The third-order valence-corrected chi connectivity index (χ3v) is 11.0. The number of ether oxygens (including phenoxy) is 2. The van der Waals surface area contributed by atoms with Crippen molar-refractivity contribution in [2.75, 3.05) is 13.4 Å². The van der Waals surface area contributed by atoms with Crippen LogP contribution in [0.2, 0.25) is 0 Å². The van der Waals surface area contributed by atoms with Gasteiger partial charge in [0.25, 0.3) is 0 Å². The molecule has 3 nitrogen and oxygen atoms in total. The minimum atomic E-state index is 0.0567. The van der Waals surface area contributed by atoms with Gasteiger partial charge in [0.1, 0.15) is 0 Å². The summed E-state index contributed by atoms with van der Waals surface area (Å²) >= 11 is 0. The lowest BCUT2D eigenvalue weighted by Gasteiger charge is -2.56. The Morgan fingerprint density at radius 1 is 0.833 bits per heavy atom. The molecule has 0 aromatic heterocycles. The third kappa shape index (κ3) is 3.11. The van der Waals surface area contributed by atoms with Gasteiger partial charge in [0.15, 0.2) is 6.79 Å². The van der Waals surface area contributed by atoms with Crippen LogP contribution in [-0.2, 0) is 14.3 Å². The maximum absolute atomic E-state index is 13.0. The van der Waals surface area contributed by atoms with E-state index in [4.69, 9.17) is 9.47 Å². The smallest absolute Gasteiger partial charge is 0.311 e. The minimum Gasteiger partial charge on any atom is -0.438 e. The zero-order valence-electron chi connectivity index (χ0n) is 19.2. The first-order valence-electron chi connectivity index (χ1n) is 13.3. The first-order valence-corrected chi connectivity index (χ1v) is 13.3. The molecule has 6 bridgehead atoms. The molecular formula is C27H42O3. The highest BCUT2D eigenvalue weighted by atomic mass is 16.7.